The van der Waals surface area contributed by atoms with Crippen LogP contribution in [0.2, 0.25) is 0 Å². The number of carbonyl (C=O) groups excluding carboxylic acids is 1. The molecule has 0 spiro atoms. The minimum Gasteiger partial charge on any atom is -0.479 e. The van der Waals surface area contributed by atoms with Crippen LogP contribution in [0, 0.1) is 3.57 Å². The highest BCUT2D eigenvalue weighted by molar-refractivity contribution is 14.1. The predicted octanol–water partition coefficient (Wildman–Crippen LogP) is 6.35. The number of carbonyl (C=O) groups is 1. The lowest BCUT2D eigenvalue weighted by atomic mass is 10.1. The summed E-state index contributed by atoms with van der Waals surface area (Å²) < 4.78 is 12.6. The summed E-state index contributed by atoms with van der Waals surface area (Å²) in [6.07, 6.45) is 2.97. The van der Waals surface area contributed by atoms with Crippen molar-refractivity contribution in [1.82, 2.24) is 0 Å². The van der Waals surface area contributed by atoms with Crippen LogP contribution in [0.4, 0.5) is 0 Å². The molecule has 0 radical (unpaired) electrons. The van der Waals surface area contributed by atoms with Gasteiger partial charge in [0.15, 0.2) is 6.10 Å². The number of unbranched alkanes of at least 4 members (excludes halogenated alkanes) is 1. The first-order valence-electron chi connectivity index (χ1n) is 9.48. The van der Waals surface area contributed by atoms with Gasteiger partial charge in [-0.05, 0) is 97.3 Å². The Morgan fingerprint density at radius 1 is 1.00 bits per heavy atom. The fourth-order valence-corrected chi connectivity index (χ4v) is 2.69. The molecule has 5 nitrogen and oxygen atoms in total. The minimum atomic E-state index is -0.754. The minimum absolute atomic E-state index is 0.512. The number of oxime groups is 1. The number of hydrogen-bond donors (Lipinski definition) is 0. The molecule has 0 aromatic heterocycles. The molecule has 0 heterocycles. The average molecular weight is 495 g/mol. The van der Waals surface area contributed by atoms with Gasteiger partial charge in [0.2, 0.25) is 0 Å². The molecule has 2 aromatic carbocycles. The summed E-state index contributed by atoms with van der Waals surface area (Å²) in [6, 6.07) is 14.9. The average Bonchev–Trinajstić information content (AvgIpc) is 2.71. The molecule has 0 amide bonds. The Hall–Kier alpha value is -2.09. The van der Waals surface area contributed by atoms with Crippen molar-refractivity contribution in [2.45, 2.75) is 52.6 Å². The highest BCUT2D eigenvalue weighted by Gasteiger charge is 2.17. The standard InChI is InChI=1S/C22H26INO4/c1-4-6-7-18(5-2)24-28-22(25)16(3)26-19-12-14-21(15-13-19)27-20-10-8-17(23)9-11-20/h8-16H,4-7H2,1-3H3/b24-18+. The molecular weight excluding hydrogens is 469 g/mol. The normalized spacial score (nSPS) is 12.4. The third-order valence-electron chi connectivity index (χ3n) is 4.01. The maximum Gasteiger partial charge on any atom is 0.374 e. The first kappa shape index (κ1) is 22.2. The van der Waals surface area contributed by atoms with Gasteiger partial charge in [-0.25, -0.2) is 4.79 Å². The molecule has 0 aliphatic rings. The summed E-state index contributed by atoms with van der Waals surface area (Å²) >= 11 is 2.25. The summed E-state index contributed by atoms with van der Waals surface area (Å²) in [5.74, 6) is 1.50. The van der Waals surface area contributed by atoms with Gasteiger partial charge in [-0.1, -0.05) is 25.4 Å². The Morgan fingerprint density at radius 3 is 2.14 bits per heavy atom. The van der Waals surface area contributed by atoms with E-state index in [1.54, 1.807) is 31.2 Å². The molecule has 0 bridgehead atoms. The Bertz CT molecular complexity index is 772. The Morgan fingerprint density at radius 2 is 1.57 bits per heavy atom. The van der Waals surface area contributed by atoms with Crippen molar-refractivity contribution >= 4 is 34.3 Å². The molecule has 0 saturated carbocycles. The zero-order valence-electron chi connectivity index (χ0n) is 16.5. The summed E-state index contributed by atoms with van der Waals surface area (Å²) in [5.41, 5.74) is 0.888. The van der Waals surface area contributed by atoms with E-state index in [1.807, 2.05) is 31.2 Å². The quantitative estimate of drug-likeness (QED) is 0.167. The second-order valence-electron chi connectivity index (χ2n) is 6.31. The van der Waals surface area contributed by atoms with E-state index in [0.717, 1.165) is 40.7 Å². The van der Waals surface area contributed by atoms with Gasteiger partial charge >= 0.3 is 5.97 Å². The number of rotatable bonds is 10. The van der Waals surface area contributed by atoms with Crippen LogP contribution in [-0.4, -0.2) is 17.8 Å². The van der Waals surface area contributed by atoms with Crippen LogP contribution in [0.1, 0.15) is 46.5 Å². The zero-order chi connectivity index (χ0) is 20.4. The lowest BCUT2D eigenvalue weighted by Gasteiger charge is -2.13. The van der Waals surface area contributed by atoms with Gasteiger partial charge in [0.25, 0.3) is 0 Å². The summed E-state index contributed by atoms with van der Waals surface area (Å²) in [5, 5.41) is 3.98. The van der Waals surface area contributed by atoms with Gasteiger partial charge in [-0.2, -0.15) is 0 Å². The molecule has 0 aliphatic carbocycles. The van der Waals surface area contributed by atoms with Gasteiger partial charge in [-0.3, -0.25) is 0 Å². The molecule has 28 heavy (non-hydrogen) atoms. The Labute approximate surface area is 180 Å². The van der Waals surface area contributed by atoms with E-state index in [2.05, 4.69) is 34.7 Å². The highest BCUT2D eigenvalue weighted by Crippen LogP contribution is 2.25. The number of halogens is 1. The first-order valence-corrected chi connectivity index (χ1v) is 10.6. The van der Waals surface area contributed by atoms with E-state index in [-0.39, 0.29) is 0 Å². The van der Waals surface area contributed by atoms with E-state index in [0.29, 0.717) is 11.5 Å². The van der Waals surface area contributed by atoms with E-state index >= 15 is 0 Å². The third-order valence-corrected chi connectivity index (χ3v) is 4.73. The zero-order valence-corrected chi connectivity index (χ0v) is 18.6. The maximum absolute atomic E-state index is 12.1. The van der Waals surface area contributed by atoms with Crippen molar-refractivity contribution in [2.75, 3.05) is 0 Å². The third kappa shape index (κ3) is 7.50. The Kier molecular flexibility index (Phi) is 9.27. The van der Waals surface area contributed by atoms with Crippen LogP contribution in [0.3, 0.4) is 0 Å². The molecule has 0 N–H and O–H groups in total. The summed E-state index contributed by atoms with van der Waals surface area (Å²) in [6.45, 7) is 5.76. The largest absolute Gasteiger partial charge is 0.479 e. The van der Waals surface area contributed by atoms with Crippen LogP contribution in [0.25, 0.3) is 0 Å². The number of nitrogens with zero attached hydrogens (tertiary/aromatic N) is 1. The number of benzene rings is 2. The van der Waals surface area contributed by atoms with Crippen molar-refractivity contribution in [3.8, 4) is 17.2 Å². The fourth-order valence-electron chi connectivity index (χ4n) is 2.33. The maximum atomic E-state index is 12.1. The van der Waals surface area contributed by atoms with Gasteiger partial charge in [0.05, 0.1) is 5.71 Å². The van der Waals surface area contributed by atoms with Crippen molar-refractivity contribution < 1.29 is 19.1 Å². The number of ether oxygens (including phenoxy) is 2. The highest BCUT2D eigenvalue weighted by atomic mass is 127. The van der Waals surface area contributed by atoms with Crippen molar-refractivity contribution in [2.24, 2.45) is 5.16 Å². The van der Waals surface area contributed by atoms with E-state index in [1.165, 1.54) is 0 Å². The van der Waals surface area contributed by atoms with Crippen LogP contribution in [-0.2, 0) is 9.63 Å². The second-order valence-corrected chi connectivity index (χ2v) is 7.56. The van der Waals surface area contributed by atoms with Crippen LogP contribution >= 0.6 is 22.6 Å². The molecule has 0 fully saturated rings. The van der Waals surface area contributed by atoms with Crippen molar-refractivity contribution in [1.29, 1.82) is 0 Å². The van der Waals surface area contributed by atoms with Gasteiger partial charge in [-0.15, -0.1) is 0 Å². The van der Waals surface area contributed by atoms with Crippen molar-refractivity contribution in [3.05, 3.63) is 52.1 Å². The molecule has 2 aromatic rings. The van der Waals surface area contributed by atoms with E-state index in [9.17, 15) is 4.79 Å². The fraction of sp³-hybridized carbons (Fsp3) is 0.364. The van der Waals surface area contributed by atoms with Crippen LogP contribution in [0.5, 0.6) is 17.2 Å². The van der Waals surface area contributed by atoms with Crippen LogP contribution < -0.4 is 9.47 Å². The SMILES string of the molecule is CCCC/C(CC)=N/OC(=O)C(C)Oc1ccc(Oc2ccc(I)cc2)cc1. The molecule has 2 rings (SSSR count). The molecule has 6 heteroatoms. The van der Waals surface area contributed by atoms with Crippen molar-refractivity contribution in [3.63, 3.8) is 0 Å². The first-order chi connectivity index (χ1) is 13.5. The molecule has 1 unspecified atom stereocenters. The van der Waals surface area contributed by atoms with Crippen LogP contribution in [0.15, 0.2) is 53.7 Å². The molecule has 150 valence electrons. The molecule has 0 aliphatic heterocycles. The smallest absolute Gasteiger partial charge is 0.374 e. The number of hydrogen-bond acceptors (Lipinski definition) is 5. The molecule has 0 saturated heterocycles. The molecular formula is C22H26INO4. The predicted molar refractivity (Wildman–Crippen MR) is 119 cm³/mol. The Balaban J connectivity index is 1.87. The van der Waals surface area contributed by atoms with E-state index in [4.69, 9.17) is 14.3 Å². The summed E-state index contributed by atoms with van der Waals surface area (Å²) in [7, 11) is 0. The summed E-state index contributed by atoms with van der Waals surface area (Å²) in [4.78, 5) is 17.1. The lowest BCUT2D eigenvalue weighted by molar-refractivity contribution is -0.151. The van der Waals surface area contributed by atoms with Gasteiger partial charge in [0.1, 0.15) is 17.2 Å². The van der Waals surface area contributed by atoms with Gasteiger partial charge < -0.3 is 14.3 Å². The second kappa shape index (κ2) is 11.7. The molecule has 1 atom stereocenters. The monoisotopic (exact) mass is 495 g/mol. The topological polar surface area (TPSA) is 57.1 Å². The van der Waals surface area contributed by atoms with E-state index < -0.39 is 12.1 Å². The van der Waals surface area contributed by atoms with Gasteiger partial charge in [0, 0.05) is 3.57 Å². The lowest BCUT2D eigenvalue weighted by Crippen LogP contribution is -2.25.